The summed E-state index contributed by atoms with van der Waals surface area (Å²) in [5.74, 6) is 0. The SMILES string of the molecule is CN(C)CCCn1cnc2cc(Br)ccc21. The zero-order valence-corrected chi connectivity index (χ0v) is 11.2. The van der Waals surface area contributed by atoms with Crippen molar-refractivity contribution in [2.75, 3.05) is 20.6 Å². The minimum Gasteiger partial charge on any atom is -0.331 e. The van der Waals surface area contributed by atoms with Crippen molar-refractivity contribution in [3.05, 3.63) is 29.0 Å². The van der Waals surface area contributed by atoms with Gasteiger partial charge in [0.25, 0.3) is 0 Å². The zero-order chi connectivity index (χ0) is 11.5. The average Bonchev–Trinajstić information content (AvgIpc) is 2.60. The first kappa shape index (κ1) is 11.6. The number of aryl methyl sites for hydroxylation is 1. The molecule has 2 aromatic rings. The number of aromatic nitrogens is 2. The average molecular weight is 282 g/mol. The predicted octanol–water partition coefficient (Wildman–Crippen LogP) is 2.75. The fourth-order valence-corrected chi connectivity index (χ4v) is 2.12. The van der Waals surface area contributed by atoms with Gasteiger partial charge in [-0.15, -0.1) is 0 Å². The highest BCUT2D eigenvalue weighted by atomic mass is 79.9. The van der Waals surface area contributed by atoms with Gasteiger partial charge in [-0.1, -0.05) is 15.9 Å². The molecule has 0 aliphatic heterocycles. The van der Waals surface area contributed by atoms with E-state index >= 15 is 0 Å². The molecule has 0 aliphatic carbocycles. The van der Waals surface area contributed by atoms with E-state index in [0.717, 1.165) is 29.5 Å². The van der Waals surface area contributed by atoms with Crippen LogP contribution < -0.4 is 0 Å². The first-order valence-corrected chi connectivity index (χ1v) is 6.21. The van der Waals surface area contributed by atoms with E-state index in [1.807, 2.05) is 6.33 Å². The van der Waals surface area contributed by atoms with Crippen molar-refractivity contribution in [3.63, 3.8) is 0 Å². The maximum Gasteiger partial charge on any atom is 0.0958 e. The topological polar surface area (TPSA) is 21.1 Å². The molecule has 0 atom stereocenters. The third-order valence-corrected chi connectivity index (χ3v) is 3.08. The molecule has 0 spiro atoms. The molecule has 86 valence electrons. The van der Waals surface area contributed by atoms with Crippen LogP contribution in [0, 0.1) is 0 Å². The van der Waals surface area contributed by atoms with E-state index < -0.39 is 0 Å². The molecule has 0 unspecified atom stereocenters. The molecular weight excluding hydrogens is 266 g/mol. The number of nitrogens with zero attached hydrogens (tertiary/aromatic N) is 3. The Morgan fingerprint density at radius 1 is 1.38 bits per heavy atom. The second-order valence-electron chi connectivity index (χ2n) is 4.23. The molecule has 0 amide bonds. The minimum absolute atomic E-state index is 1.02. The van der Waals surface area contributed by atoms with Crippen molar-refractivity contribution in [1.29, 1.82) is 0 Å². The summed E-state index contributed by atoms with van der Waals surface area (Å²) in [5, 5.41) is 0. The largest absolute Gasteiger partial charge is 0.331 e. The Morgan fingerprint density at radius 2 is 2.19 bits per heavy atom. The van der Waals surface area contributed by atoms with Gasteiger partial charge in [-0.3, -0.25) is 0 Å². The van der Waals surface area contributed by atoms with Crippen molar-refractivity contribution < 1.29 is 0 Å². The van der Waals surface area contributed by atoms with Crippen molar-refractivity contribution in [2.45, 2.75) is 13.0 Å². The summed E-state index contributed by atoms with van der Waals surface area (Å²) in [6.07, 6.45) is 3.07. The Morgan fingerprint density at radius 3 is 2.94 bits per heavy atom. The van der Waals surface area contributed by atoms with Crippen molar-refractivity contribution in [2.24, 2.45) is 0 Å². The third kappa shape index (κ3) is 2.62. The molecule has 1 aromatic heterocycles. The van der Waals surface area contributed by atoms with E-state index in [0.29, 0.717) is 0 Å². The molecule has 3 nitrogen and oxygen atoms in total. The second kappa shape index (κ2) is 4.97. The molecule has 1 aromatic carbocycles. The van der Waals surface area contributed by atoms with Crippen LogP contribution in [0.5, 0.6) is 0 Å². The summed E-state index contributed by atoms with van der Waals surface area (Å²) in [5.41, 5.74) is 2.26. The molecule has 0 saturated carbocycles. The van der Waals surface area contributed by atoms with Crippen LogP contribution in [0.1, 0.15) is 6.42 Å². The molecular formula is C12H16BrN3. The first-order valence-electron chi connectivity index (χ1n) is 5.42. The Labute approximate surface area is 104 Å². The lowest BCUT2D eigenvalue weighted by atomic mass is 10.3. The van der Waals surface area contributed by atoms with Gasteiger partial charge < -0.3 is 9.47 Å². The van der Waals surface area contributed by atoms with Crippen LogP contribution in [0.4, 0.5) is 0 Å². The van der Waals surface area contributed by atoms with Crippen LogP contribution in [0.15, 0.2) is 29.0 Å². The fraction of sp³-hybridized carbons (Fsp3) is 0.417. The van der Waals surface area contributed by atoms with Crippen LogP contribution in [-0.4, -0.2) is 35.1 Å². The first-order chi connectivity index (χ1) is 7.66. The summed E-state index contributed by atoms with van der Waals surface area (Å²) < 4.78 is 3.30. The van der Waals surface area contributed by atoms with Crippen molar-refractivity contribution >= 4 is 27.0 Å². The molecule has 16 heavy (non-hydrogen) atoms. The maximum atomic E-state index is 4.40. The van der Waals surface area contributed by atoms with Crippen LogP contribution >= 0.6 is 15.9 Å². The zero-order valence-electron chi connectivity index (χ0n) is 9.65. The summed E-state index contributed by atoms with van der Waals surface area (Å²) in [6, 6.07) is 6.23. The molecule has 2 rings (SSSR count). The number of hydrogen-bond donors (Lipinski definition) is 0. The van der Waals surface area contributed by atoms with Crippen molar-refractivity contribution in [3.8, 4) is 0 Å². The normalized spacial score (nSPS) is 11.5. The van der Waals surface area contributed by atoms with E-state index in [4.69, 9.17) is 0 Å². The highest BCUT2D eigenvalue weighted by Crippen LogP contribution is 2.18. The Balaban J connectivity index is 2.13. The van der Waals surface area contributed by atoms with E-state index in [1.54, 1.807) is 0 Å². The molecule has 0 saturated heterocycles. The number of hydrogen-bond acceptors (Lipinski definition) is 2. The van der Waals surface area contributed by atoms with E-state index in [-0.39, 0.29) is 0 Å². The fourth-order valence-electron chi connectivity index (χ4n) is 1.77. The van der Waals surface area contributed by atoms with Crippen LogP contribution in [-0.2, 0) is 6.54 Å². The quantitative estimate of drug-likeness (QED) is 0.859. The summed E-state index contributed by atoms with van der Waals surface area (Å²) in [7, 11) is 4.20. The smallest absolute Gasteiger partial charge is 0.0958 e. The van der Waals surface area contributed by atoms with Crippen LogP contribution in [0.25, 0.3) is 11.0 Å². The lowest BCUT2D eigenvalue weighted by Gasteiger charge is -2.09. The standard InChI is InChI=1S/C12H16BrN3/c1-15(2)6-3-7-16-9-14-11-8-10(13)4-5-12(11)16/h4-5,8-9H,3,6-7H2,1-2H3. The van der Waals surface area contributed by atoms with Crippen LogP contribution in [0.2, 0.25) is 0 Å². The number of fused-ring (bicyclic) bond motifs is 1. The second-order valence-corrected chi connectivity index (χ2v) is 5.14. The molecule has 0 aliphatic rings. The highest BCUT2D eigenvalue weighted by Gasteiger charge is 2.02. The Kier molecular flexibility index (Phi) is 3.61. The van der Waals surface area contributed by atoms with Gasteiger partial charge >= 0.3 is 0 Å². The monoisotopic (exact) mass is 281 g/mol. The van der Waals surface area contributed by atoms with Gasteiger partial charge in [0, 0.05) is 11.0 Å². The van der Waals surface area contributed by atoms with Gasteiger partial charge in [0.2, 0.25) is 0 Å². The number of benzene rings is 1. The number of imidazole rings is 1. The summed E-state index contributed by atoms with van der Waals surface area (Å²) in [4.78, 5) is 6.60. The van der Waals surface area contributed by atoms with Crippen LogP contribution in [0.3, 0.4) is 0 Å². The molecule has 0 bridgehead atoms. The summed E-state index contributed by atoms with van der Waals surface area (Å²) in [6.45, 7) is 2.13. The summed E-state index contributed by atoms with van der Waals surface area (Å²) >= 11 is 3.46. The lowest BCUT2D eigenvalue weighted by Crippen LogP contribution is -2.14. The Bertz CT molecular complexity index is 476. The maximum absolute atomic E-state index is 4.40. The molecule has 4 heteroatoms. The van der Waals surface area contributed by atoms with Gasteiger partial charge in [0.15, 0.2) is 0 Å². The van der Waals surface area contributed by atoms with E-state index in [1.165, 1.54) is 5.52 Å². The molecule has 0 radical (unpaired) electrons. The molecule has 1 heterocycles. The van der Waals surface area contributed by atoms with Gasteiger partial charge in [0.05, 0.1) is 17.4 Å². The number of halogens is 1. The third-order valence-electron chi connectivity index (χ3n) is 2.59. The highest BCUT2D eigenvalue weighted by molar-refractivity contribution is 9.10. The molecule has 0 N–H and O–H groups in total. The predicted molar refractivity (Wildman–Crippen MR) is 70.6 cm³/mol. The van der Waals surface area contributed by atoms with Crippen molar-refractivity contribution in [1.82, 2.24) is 14.5 Å². The molecule has 0 fully saturated rings. The van der Waals surface area contributed by atoms with E-state index in [9.17, 15) is 0 Å². The van der Waals surface area contributed by atoms with Gasteiger partial charge in [-0.25, -0.2) is 4.98 Å². The lowest BCUT2D eigenvalue weighted by molar-refractivity contribution is 0.387. The van der Waals surface area contributed by atoms with E-state index in [2.05, 4.69) is 62.7 Å². The minimum atomic E-state index is 1.02. The number of rotatable bonds is 4. The van der Waals surface area contributed by atoms with Gasteiger partial charge in [-0.2, -0.15) is 0 Å². The van der Waals surface area contributed by atoms with Gasteiger partial charge in [-0.05, 0) is 45.3 Å². The van der Waals surface area contributed by atoms with Gasteiger partial charge in [0.1, 0.15) is 0 Å². The Hall–Kier alpha value is -0.870.